The molecule has 0 saturated carbocycles. The first-order valence-corrected chi connectivity index (χ1v) is 6.88. The lowest BCUT2D eigenvalue weighted by molar-refractivity contribution is 0.238. The lowest BCUT2D eigenvalue weighted by atomic mass is 10.1. The fourth-order valence-electron chi connectivity index (χ4n) is 1.98. The van der Waals surface area contributed by atoms with E-state index in [2.05, 4.69) is 15.6 Å². The molecule has 0 aliphatic carbocycles. The van der Waals surface area contributed by atoms with Crippen molar-refractivity contribution < 1.29 is 9.90 Å². The van der Waals surface area contributed by atoms with Crippen molar-refractivity contribution in [3.05, 3.63) is 59.9 Å². The third kappa shape index (κ3) is 4.80. The van der Waals surface area contributed by atoms with Gasteiger partial charge in [0.2, 0.25) is 0 Å². The largest absolute Gasteiger partial charge is 0.508 e. The molecule has 2 aromatic rings. The number of benzene rings is 1. The maximum atomic E-state index is 11.8. The molecular weight excluding hydrogens is 266 g/mol. The molecule has 0 saturated heterocycles. The Morgan fingerprint density at radius 1 is 1.29 bits per heavy atom. The molecule has 1 unspecified atom stereocenters. The summed E-state index contributed by atoms with van der Waals surface area (Å²) in [5.41, 5.74) is 1.80. The zero-order chi connectivity index (χ0) is 15.1. The van der Waals surface area contributed by atoms with Crippen LogP contribution in [0.4, 0.5) is 4.79 Å². The standard InChI is InChI=1S/C16H19N3O2/c1-12(13-5-4-7-15(20)11-13)19-16(21)18-10-8-14-6-2-3-9-17-14/h2-7,9,11-12,20H,8,10H2,1H3,(H2,18,19,21). The van der Waals surface area contributed by atoms with Crippen LogP contribution in [-0.4, -0.2) is 22.7 Å². The van der Waals surface area contributed by atoms with E-state index < -0.39 is 0 Å². The summed E-state index contributed by atoms with van der Waals surface area (Å²) in [5, 5.41) is 15.1. The number of aromatic nitrogens is 1. The Kier molecular flexibility index (Phi) is 5.15. The van der Waals surface area contributed by atoms with E-state index in [-0.39, 0.29) is 17.8 Å². The molecule has 5 heteroatoms. The lowest BCUT2D eigenvalue weighted by Gasteiger charge is -2.15. The monoisotopic (exact) mass is 285 g/mol. The van der Waals surface area contributed by atoms with Crippen molar-refractivity contribution in [3.63, 3.8) is 0 Å². The van der Waals surface area contributed by atoms with Crippen LogP contribution in [0.5, 0.6) is 5.75 Å². The Morgan fingerprint density at radius 3 is 2.86 bits per heavy atom. The van der Waals surface area contributed by atoms with Gasteiger partial charge < -0.3 is 15.7 Å². The van der Waals surface area contributed by atoms with Gasteiger partial charge in [-0.15, -0.1) is 0 Å². The van der Waals surface area contributed by atoms with Crippen LogP contribution in [0.1, 0.15) is 24.2 Å². The first-order valence-electron chi connectivity index (χ1n) is 6.88. The highest BCUT2D eigenvalue weighted by molar-refractivity contribution is 5.74. The minimum Gasteiger partial charge on any atom is -0.508 e. The maximum absolute atomic E-state index is 11.8. The zero-order valence-electron chi connectivity index (χ0n) is 11.9. The van der Waals surface area contributed by atoms with E-state index in [1.807, 2.05) is 31.2 Å². The highest BCUT2D eigenvalue weighted by Gasteiger charge is 2.09. The molecule has 5 nitrogen and oxygen atoms in total. The van der Waals surface area contributed by atoms with Crippen molar-refractivity contribution in [2.45, 2.75) is 19.4 Å². The van der Waals surface area contributed by atoms with E-state index in [4.69, 9.17) is 0 Å². The first kappa shape index (κ1) is 14.8. The number of nitrogens with one attached hydrogen (secondary N) is 2. The molecule has 1 heterocycles. The van der Waals surface area contributed by atoms with E-state index in [9.17, 15) is 9.90 Å². The molecule has 1 atom stereocenters. The molecule has 2 amide bonds. The first-order chi connectivity index (χ1) is 10.1. The SMILES string of the molecule is CC(NC(=O)NCCc1ccccn1)c1cccc(O)c1. The molecule has 0 fully saturated rings. The van der Waals surface area contributed by atoms with Crippen molar-refractivity contribution >= 4 is 6.03 Å². The fourth-order valence-corrected chi connectivity index (χ4v) is 1.98. The van der Waals surface area contributed by atoms with Crippen LogP contribution in [0.2, 0.25) is 0 Å². The molecule has 0 spiro atoms. The molecule has 21 heavy (non-hydrogen) atoms. The van der Waals surface area contributed by atoms with E-state index in [0.29, 0.717) is 13.0 Å². The third-order valence-corrected chi connectivity index (χ3v) is 3.11. The molecule has 0 radical (unpaired) electrons. The van der Waals surface area contributed by atoms with Gasteiger partial charge in [-0.1, -0.05) is 18.2 Å². The van der Waals surface area contributed by atoms with Crippen LogP contribution in [0.15, 0.2) is 48.7 Å². The molecule has 1 aromatic carbocycles. The molecule has 0 bridgehead atoms. The number of hydrogen-bond acceptors (Lipinski definition) is 3. The number of carbonyl (C=O) groups is 1. The van der Waals surface area contributed by atoms with Crippen LogP contribution in [0.3, 0.4) is 0 Å². The predicted octanol–water partition coefficient (Wildman–Crippen LogP) is 2.39. The summed E-state index contributed by atoms with van der Waals surface area (Å²) >= 11 is 0. The van der Waals surface area contributed by atoms with Crippen LogP contribution in [0, 0.1) is 0 Å². The Morgan fingerprint density at radius 2 is 2.14 bits per heavy atom. The Hall–Kier alpha value is -2.56. The number of pyridine rings is 1. The van der Waals surface area contributed by atoms with E-state index >= 15 is 0 Å². The zero-order valence-corrected chi connectivity index (χ0v) is 11.9. The van der Waals surface area contributed by atoms with Crippen molar-refractivity contribution in [3.8, 4) is 5.75 Å². The minimum absolute atomic E-state index is 0.174. The molecule has 110 valence electrons. The Balaban J connectivity index is 1.76. The number of nitrogens with zero attached hydrogens (tertiary/aromatic N) is 1. The summed E-state index contributed by atoms with van der Waals surface area (Å²) in [6, 6.07) is 12.2. The second kappa shape index (κ2) is 7.28. The van der Waals surface area contributed by atoms with Crippen molar-refractivity contribution in [2.75, 3.05) is 6.54 Å². The van der Waals surface area contributed by atoms with Crippen LogP contribution in [0.25, 0.3) is 0 Å². The van der Waals surface area contributed by atoms with E-state index in [1.165, 1.54) is 0 Å². The number of amides is 2. The summed E-state index contributed by atoms with van der Waals surface area (Å²) in [6.45, 7) is 2.39. The average molecular weight is 285 g/mol. The summed E-state index contributed by atoms with van der Waals surface area (Å²) in [7, 11) is 0. The topological polar surface area (TPSA) is 74.2 Å². The van der Waals surface area contributed by atoms with Gasteiger partial charge in [-0.05, 0) is 36.8 Å². The summed E-state index contributed by atoms with van der Waals surface area (Å²) in [4.78, 5) is 16.0. The lowest BCUT2D eigenvalue weighted by Crippen LogP contribution is -2.38. The van der Waals surface area contributed by atoms with Crippen molar-refractivity contribution in [1.82, 2.24) is 15.6 Å². The molecular formula is C16H19N3O2. The maximum Gasteiger partial charge on any atom is 0.315 e. The fraction of sp³-hybridized carbons (Fsp3) is 0.250. The Labute approximate surface area is 124 Å². The van der Waals surface area contributed by atoms with Gasteiger partial charge >= 0.3 is 6.03 Å². The van der Waals surface area contributed by atoms with Crippen LogP contribution in [-0.2, 0) is 6.42 Å². The van der Waals surface area contributed by atoms with Gasteiger partial charge in [0, 0.05) is 24.9 Å². The van der Waals surface area contributed by atoms with Gasteiger partial charge in [0.05, 0.1) is 6.04 Å². The third-order valence-electron chi connectivity index (χ3n) is 3.11. The van der Waals surface area contributed by atoms with Gasteiger partial charge in [0.25, 0.3) is 0 Å². The number of carbonyl (C=O) groups excluding carboxylic acids is 1. The smallest absolute Gasteiger partial charge is 0.315 e. The van der Waals surface area contributed by atoms with Gasteiger partial charge in [-0.3, -0.25) is 4.98 Å². The van der Waals surface area contributed by atoms with Gasteiger partial charge in [-0.2, -0.15) is 0 Å². The highest BCUT2D eigenvalue weighted by Crippen LogP contribution is 2.17. The van der Waals surface area contributed by atoms with Gasteiger partial charge in [-0.25, -0.2) is 4.79 Å². The van der Waals surface area contributed by atoms with Gasteiger partial charge in [0.1, 0.15) is 5.75 Å². The minimum atomic E-state index is -0.234. The number of aromatic hydroxyl groups is 1. The number of urea groups is 1. The van der Waals surface area contributed by atoms with Crippen LogP contribution >= 0.6 is 0 Å². The molecule has 3 N–H and O–H groups in total. The van der Waals surface area contributed by atoms with E-state index in [0.717, 1.165) is 11.3 Å². The molecule has 1 aromatic heterocycles. The predicted molar refractivity (Wildman–Crippen MR) is 81.0 cm³/mol. The number of rotatable bonds is 5. The molecule has 0 aliphatic heterocycles. The summed E-state index contributed by atoms with van der Waals surface area (Å²) in [6.07, 6.45) is 2.42. The van der Waals surface area contributed by atoms with Gasteiger partial charge in [0.15, 0.2) is 0 Å². The highest BCUT2D eigenvalue weighted by atomic mass is 16.3. The second-order valence-corrected chi connectivity index (χ2v) is 4.79. The normalized spacial score (nSPS) is 11.7. The van der Waals surface area contributed by atoms with Crippen molar-refractivity contribution in [1.29, 1.82) is 0 Å². The van der Waals surface area contributed by atoms with E-state index in [1.54, 1.807) is 24.4 Å². The number of phenols is 1. The summed E-state index contributed by atoms with van der Waals surface area (Å²) < 4.78 is 0. The van der Waals surface area contributed by atoms with Crippen molar-refractivity contribution in [2.24, 2.45) is 0 Å². The quantitative estimate of drug-likeness (QED) is 0.789. The number of hydrogen-bond donors (Lipinski definition) is 3. The summed E-state index contributed by atoms with van der Waals surface area (Å²) in [5.74, 6) is 0.191. The molecule has 0 aliphatic rings. The van der Waals surface area contributed by atoms with Crippen LogP contribution < -0.4 is 10.6 Å². The average Bonchev–Trinajstić information content (AvgIpc) is 2.48. The Bertz CT molecular complexity index is 587. The second-order valence-electron chi connectivity index (χ2n) is 4.79. The number of phenolic OH excluding ortho intramolecular Hbond substituents is 1. The molecule has 2 rings (SSSR count).